The van der Waals surface area contributed by atoms with E-state index in [2.05, 4.69) is 0 Å². The highest BCUT2D eigenvalue weighted by Gasteiger charge is 2.30. The Morgan fingerprint density at radius 3 is 2.70 bits per heavy atom. The summed E-state index contributed by atoms with van der Waals surface area (Å²) in [4.78, 5) is 24.9. The Kier molecular flexibility index (Phi) is 5.32. The van der Waals surface area contributed by atoms with Gasteiger partial charge < -0.3 is 9.15 Å². The minimum atomic E-state index is -1.40. The molecule has 0 bridgehead atoms. The van der Waals surface area contributed by atoms with Gasteiger partial charge in [-0.25, -0.2) is 0 Å². The number of ketones is 2. The van der Waals surface area contributed by atoms with Crippen LogP contribution < -0.4 is 4.74 Å². The van der Waals surface area contributed by atoms with E-state index < -0.39 is 17.5 Å². The summed E-state index contributed by atoms with van der Waals surface area (Å²) in [6.45, 7) is 4.13. The van der Waals surface area contributed by atoms with Gasteiger partial charge in [0, 0.05) is 5.56 Å². The highest BCUT2D eigenvalue weighted by atomic mass is 16.5. The second kappa shape index (κ2) is 7.41. The van der Waals surface area contributed by atoms with Crippen LogP contribution in [0.3, 0.4) is 0 Å². The van der Waals surface area contributed by atoms with Gasteiger partial charge in [-0.15, -0.1) is 0 Å². The Balaban J connectivity index is 2.25. The average Bonchev–Trinajstić information content (AvgIpc) is 2.99. The lowest BCUT2D eigenvalue weighted by atomic mass is 9.91. The van der Waals surface area contributed by atoms with Gasteiger partial charge in [-0.3, -0.25) is 9.59 Å². The lowest BCUT2D eigenvalue weighted by Gasteiger charge is -2.09. The number of hydrogen-bond donors (Lipinski definition) is 0. The van der Waals surface area contributed by atoms with Gasteiger partial charge in [0.15, 0.2) is 17.5 Å². The zero-order valence-corrected chi connectivity index (χ0v) is 13.0. The SMILES string of the molecule is CCCOc1cccc(C(=O)C(C#N)C(=O)c2ccoc2C)c1. The van der Waals surface area contributed by atoms with Crippen LogP contribution in [0.25, 0.3) is 0 Å². The molecule has 0 amide bonds. The second-order valence-electron chi connectivity index (χ2n) is 5.06. The van der Waals surface area contributed by atoms with E-state index in [1.54, 1.807) is 37.3 Å². The van der Waals surface area contributed by atoms with Gasteiger partial charge in [0.25, 0.3) is 0 Å². The van der Waals surface area contributed by atoms with E-state index >= 15 is 0 Å². The number of nitrogens with zero attached hydrogens (tertiary/aromatic N) is 1. The summed E-state index contributed by atoms with van der Waals surface area (Å²) < 4.78 is 10.5. The van der Waals surface area contributed by atoms with Crippen molar-refractivity contribution < 1.29 is 18.7 Å². The number of hydrogen-bond acceptors (Lipinski definition) is 5. The van der Waals surface area contributed by atoms with Crippen LogP contribution >= 0.6 is 0 Å². The summed E-state index contributed by atoms with van der Waals surface area (Å²) in [6, 6.07) is 9.79. The van der Waals surface area contributed by atoms with E-state index in [1.807, 2.05) is 6.92 Å². The monoisotopic (exact) mass is 311 g/mol. The van der Waals surface area contributed by atoms with Crippen LogP contribution in [0.2, 0.25) is 0 Å². The first kappa shape index (κ1) is 16.5. The summed E-state index contributed by atoms with van der Waals surface area (Å²) in [5.74, 6) is -1.55. The van der Waals surface area contributed by atoms with Crippen LogP contribution in [0, 0.1) is 24.2 Å². The molecule has 0 saturated heterocycles. The summed E-state index contributed by atoms with van der Waals surface area (Å²) in [6.07, 6.45) is 2.21. The molecule has 0 radical (unpaired) electrons. The van der Waals surface area contributed by atoms with Crippen LogP contribution in [0.4, 0.5) is 0 Å². The largest absolute Gasteiger partial charge is 0.494 e. The number of aryl methyl sites for hydroxylation is 1. The van der Waals surface area contributed by atoms with E-state index in [1.165, 1.54) is 12.3 Å². The first-order valence-corrected chi connectivity index (χ1v) is 7.33. The molecule has 0 spiro atoms. The Bertz CT molecular complexity index is 754. The number of Topliss-reactive ketones (excluding diaryl/α,β-unsaturated/α-hetero) is 2. The fourth-order valence-electron chi connectivity index (χ4n) is 2.16. The van der Waals surface area contributed by atoms with Crippen LogP contribution in [0.15, 0.2) is 41.0 Å². The number of nitriles is 1. The molecule has 0 aliphatic carbocycles. The number of carbonyl (C=O) groups excluding carboxylic acids is 2. The van der Waals surface area contributed by atoms with E-state index in [-0.39, 0.29) is 11.1 Å². The summed E-state index contributed by atoms with van der Waals surface area (Å²) >= 11 is 0. The molecule has 1 atom stereocenters. The van der Waals surface area contributed by atoms with Crippen molar-refractivity contribution in [2.24, 2.45) is 5.92 Å². The van der Waals surface area contributed by atoms with Gasteiger partial charge >= 0.3 is 0 Å². The third-order valence-electron chi connectivity index (χ3n) is 3.37. The van der Waals surface area contributed by atoms with Crippen molar-refractivity contribution in [3.05, 3.63) is 53.5 Å². The molecule has 5 heteroatoms. The molecule has 1 heterocycles. The van der Waals surface area contributed by atoms with Crippen LogP contribution in [0.1, 0.15) is 39.8 Å². The lowest BCUT2D eigenvalue weighted by molar-refractivity contribution is 0.0845. The molecule has 0 aliphatic heterocycles. The molecule has 2 aromatic rings. The first-order chi connectivity index (χ1) is 11.1. The second-order valence-corrected chi connectivity index (χ2v) is 5.06. The predicted molar refractivity (Wildman–Crippen MR) is 83.4 cm³/mol. The third-order valence-corrected chi connectivity index (χ3v) is 3.37. The molecule has 23 heavy (non-hydrogen) atoms. The molecule has 0 saturated carbocycles. The van der Waals surface area contributed by atoms with Crippen molar-refractivity contribution >= 4 is 11.6 Å². The average molecular weight is 311 g/mol. The van der Waals surface area contributed by atoms with Gasteiger partial charge in [-0.1, -0.05) is 19.1 Å². The van der Waals surface area contributed by atoms with Gasteiger partial charge in [-0.2, -0.15) is 5.26 Å². The highest BCUT2D eigenvalue weighted by molar-refractivity contribution is 6.18. The Hall–Kier alpha value is -2.87. The van der Waals surface area contributed by atoms with Gasteiger partial charge in [0.2, 0.25) is 0 Å². The Morgan fingerprint density at radius 2 is 2.09 bits per heavy atom. The molecule has 5 nitrogen and oxygen atoms in total. The molecule has 1 unspecified atom stereocenters. The number of rotatable bonds is 7. The quantitative estimate of drug-likeness (QED) is 0.576. The minimum absolute atomic E-state index is 0.253. The van der Waals surface area contributed by atoms with E-state index in [9.17, 15) is 14.9 Å². The van der Waals surface area contributed by atoms with Crippen LogP contribution in [-0.4, -0.2) is 18.2 Å². The van der Waals surface area contributed by atoms with Gasteiger partial charge in [-0.05, 0) is 31.5 Å². The van der Waals surface area contributed by atoms with E-state index in [4.69, 9.17) is 9.15 Å². The summed E-state index contributed by atoms with van der Waals surface area (Å²) in [7, 11) is 0. The predicted octanol–water partition coefficient (Wildman–Crippen LogP) is 3.58. The molecule has 118 valence electrons. The van der Waals surface area contributed by atoms with Gasteiger partial charge in [0.1, 0.15) is 11.5 Å². The number of ether oxygens (including phenoxy) is 1. The minimum Gasteiger partial charge on any atom is -0.494 e. The molecule has 0 N–H and O–H groups in total. The maximum absolute atomic E-state index is 12.5. The Labute approximate surface area is 134 Å². The van der Waals surface area contributed by atoms with Crippen molar-refractivity contribution in [1.82, 2.24) is 0 Å². The fourth-order valence-corrected chi connectivity index (χ4v) is 2.16. The standard InChI is InChI=1S/C18H17NO4/c1-3-8-23-14-6-4-5-13(10-14)17(20)16(11-19)18(21)15-7-9-22-12(15)2/h4-7,9-10,16H,3,8H2,1-2H3. The van der Waals surface area contributed by atoms with Crippen molar-refractivity contribution in [2.75, 3.05) is 6.61 Å². The Morgan fingerprint density at radius 1 is 1.30 bits per heavy atom. The molecule has 2 rings (SSSR count). The normalized spacial score (nSPS) is 11.5. The van der Waals surface area contributed by atoms with Crippen molar-refractivity contribution in [2.45, 2.75) is 20.3 Å². The van der Waals surface area contributed by atoms with E-state index in [0.29, 0.717) is 18.1 Å². The molecule has 0 aliphatic rings. The maximum atomic E-state index is 12.5. The fraction of sp³-hybridized carbons (Fsp3) is 0.278. The zero-order valence-electron chi connectivity index (χ0n) is 13.0. The van der Waals surface area contributed by atoms with Crippen LogP contribution in [0.5, 0.6) is 5.75 Å². The van der Waals surface area contributed by atoms with Crippen LogP contribution in [-0.2, 0) is 0 Å². The van der Waals surface area contributed by atoms with Crippen molar-refractivity contribution in [1.29, 1.82) is 5.26 Å². The topological polar surface area (TPSA) is 80.3 Å². The lowest BCUT2D eigenvalue weighted by Crippen LogP contribution is -2.23. The molecule has 1 aromatic heterocycles. The number of benzene rings is 1. The smallest absolute Gasteiger partial charge is 0.191 e. The maximum Gasteiger partial charge on any atom is 0.191 e. The highest BCUT2D eigenvalue weighted by Crippen LogP contribution is 2.21. The van der Waals surface area contributed by atoms with Crippen molar-refractivity contribution in [3.8, 4) is 11.8 Å². The third kappa shape index (κ3) is 3.67. The molecule has 1 aromatic carbocycles. The summed E-state index contributed by atoms with van der Waals surface area (Å²) in [5, 5.41) is 9.28. The van der Waals surface area contributed by atoms with E-state index in [0.717, 1.165) is 6.42 Å². The van der Waals surface area contributed by atoms with Crippen molar-refractivity contribution in [3.63, 3.8) is 0 Å². The van der Waals surface area contributed by atoms with Gasteiger partial charge in [0.05, 0.1) is 24.5 Å². The molecule has 0 fully saturated rings. The summed E-state index contributed by atoms with van der Waals surface area (Å²) in [5.41, 5.74) is 0.530. The number of furan rings is 1. The molecular weight excluding hydrogens is 294 g/mol. The molecular formula is C18H17NO4. The first-order valence-electron chi connectivity index (χ1n) is 7.33. The number of carbonyl (C=O) groups is 2. The zero-order chi connectivity index (χ0) is 16.8.